The molecule has 7 nitrogen and oxygen atoms in total. The Labute approximate surface area is 118 Å². The molecule has 0 bridgehead atoms. The predicted octanol–water partition coefficient (Wildman–Crippen LogP) is -0.101. The molecule has 0 unspecified atom stereocenters. The molecule has 8 heteroatoms. The van der Waals surface area contributed by atoms with E-state index in [2.05, 4.69) is 10.0 Å². The summed E-state index contributed by atoms with van der Waals surface area (Å²) in [6, 6.07) is 5.91. The lowest BCUT2D eigenvalue weighted by atomic mass is 10.3. The van der Waals surface area contributed by atoms with Gasteiger partial charge < -0.3 is 15.8 Å². The lowest BCUT2D eigenvalue weighted by Gasteiger charge is -2.08. The van der Waals surface area contributed by atoms with Gasteiger partial charge in [-0.2, -0.15) is 0 Å². The molecule has 4 N–H and O–H groups in total. The standard InChI is InChI=1S/C12H19N3O4S/c1-10(16)15-11-2-4-12(5-3-11)20(17,18)14-7-9-19-8-6-13/h2-5,14H,6-9,13H2,1H3,(H,15,16). The normalized spacial score (nSPS) is 11.3. The predicted molar refractivity (Wildman–Crippen MR) is 75.8 cm³/mol. The molecule has 1 rings (SSSR count). The Hall–Kier alpha value is -1.48. The molecule has 112 valence electrons. The van der Waals surface area contributed by atoms with Gasteiger partial charge in [-0.3, -0.25) is 4.79 Å². The number of anilines is 1. The van der Waals surface area contributed by atoms with Gasteiger partial charge in [0.25, 0.3) is 0 Å². The molecule has 0 aliphatic rings. The first kappa shape index (κ1) is 16.6. The van der Waals surface area contributed by atoms with E-state index in [4.69, 9.17) is 10.5 Å². The van der Waals surface area contributed by atoms with E-state index in [-0.39, 0.29) is 24.0 Å². The van der Waals surface area contributed by atoms with Crippen molar-refractivity contribution in [2.75, 3.05) is 31.6 Å². The fourth-order valence-electron chi connectivity index (χ4n) is 1.44. The molecule has 0 atom stereocenters. The van der Waals surface area contributed by atoms with Gasteiger partial charge in [0.2, 0.25) is 15.9 Å². The van der Waals surface area contributed by atoms with E-state index < -0.39 is 10.0 Å². The second-order valence-electron chi connectivity index (χ2n) is 4.00. The molecule has 0 fully saturated rings. The highest BCUT2D eigenvalue weighted by atomic mass is 32.2. The summed E-state index contributed by atoms with van der Waals surface area (Å²) in [5, 5.41) is 2.56. The van der Waals surface area contributed by atoms with Crippen LogP contribution in [0.15, 0.2) is 29.2 Å². The Kier molecular flexibility index (Phi) is 6.59. The van der Waals surface area contributed by atoms with E-state index in [1.807, 2.05) is 0 Å². The molecule has 1 aromatic rings. The first-order chi connectivity index (χ1) is 9.45. The number of amides is 1. The van der Waals surface area contributed by atoms with Crippen molar-refractivity contribution in [3.8, 4) is 0 Å². The van der Waals surface area contributed by atoms with Crippen LogP contribution in [-0.2, 0) is 19.6 Å². The van der Waals surface area contributed by atoms with Crippen molar-refractivity contribution >= 4 is 21.6 Å². The largest absolute Gasteiger partial charge is 0.379 e. The maximum atomic E-state index is 11.9. The van der Waals surface area contributed by atoms with Crippen LogP contribution in [0, 0.1) is 0 Å². The zero-order valence-corrected chi connectivity index (χ0v) is 12.1. The molecule has 0 saturated heterocycles. The Morgan fingerprint density at radius 3 is 2.45 bits per heavy atom. The third kappa shape index (κ3) is 5.66. The highest BCUT2D eigenvalue weighted by molar-refractivity contribution is 7.89. The Morgan fingerprint density at radius 2 is 1.90 bits per heavy atom. The summed E-state index contributed by atoms with van der Waals surface area (Å²) >= 11 is 0. The van der Waals surface area contributed by atoms with Crippen LogP contribution in [0.4, 0.5) is 5.69 Å². The minimum Gasteiger partial charge on any atom is -0.379 e. The van der Waals surface area contributed by atoms with E-state index in [9.17, 15) is 13.2 Å². The number of hydrogen-bond donors (Lipinski definition) is 3. The molecule has 0 spiro atoms. The second-order valence-corrected chi connectivity index (χ2v) is 5.77. The molecular formula is C12H19N3O4S. The number of hydrogen-bond acceptors (Lipinski definition) is 5. The minimum atomic E-state index is -3.57. The molecule has 0 radical (unpaired) electrons. The van der Waals surface area contributed by atoms with Gasteiger partial charge in [-0.15, -0.1) is 0 Å². The van der Waals surface area contributed by atoms with Gasteiger partial charge in [-0.25, -0.2) is 13.1 Å². The van der Waals surface area contributed by atoms with Crippen molar-refractivity contribution in [3.05, 3.63) is 24.3 Å². The van der Waals surface area contributed by atoms with E-state index in [1.54, 1.807) is 0 Å². The first-order valence-corrected chi connectivity index (χ1v) is 7.59. The highest BCUT2D eigenvalue weighted by Gasteiger charge is 2.12. The van der Waals surface area contributed by atoms with Gasteiger partial charge in [0.15, 0.2) is 0 Å². The Balaban J connectivity index is 2.56. The summed E-state index contributed by atoms with van der Waals surface area (Å²) in [7, 11) is -3.57. The van der Waals surface area contributed by atoms with E-state index in [0.29, 0.717) is 18.8 Å². The van der Waals surface area contributed by atoms with Gasteiger partial charge in [-0.1, -0.05) is 0 Å². The number of rotatable bonds is 8. The van der Waals surface area contributed by atoms with Crippen LogP contribution in [0.2, 0.25) is 0 Å². The van der Waals surface area contributed by atoms with E-state index >= 15 is 0 Å². The molecule has 1 amide bonds. The molecule has 1 aromatic carbocycles. The van der Waals surface area contributed by atoms with E-state index in [1.165, 1.54) is 31.2 Å². The molecule has 0 heterocycles. The molecule has 20 heavy (non-hydrogen) atoms. The Bertz CT molecular complexity index is 528. The first-order valence-electron chi connectivity index (χ1n) is 6.11. The topological polar surface area (TPSA) is 111 Å². The zero-order chi connectivity index (χ0) is 15.0. The number of nitrogens with two attached hydrogens (primary N) is 1. The van der Waals surface area contributed by atoms with Crippen LogP contribution < -0.4 is 15.8 Å². The highest BCUT2D eigenvalue weighted by Crippen LogP contribution is 2.13. The third-order valence-corrected chi connectivity index (χ3v) is 3.76. The fourth-order valence-corrected chi connectivity index (χ4v) is 2.45. The lowest BCUT2D eigenvalue weighted by Crippen LogP contribution is -2.28. The van der Waals surface area contributed by atoms with Crippen molar-refractivity contribution in [2.45, 2.75) is 11.8 Å². The summed E-state index contributed by atoms with van der Waals surface area (Å²) in [5.41, 5.74) is 5.79. The van der Waals surface area contributed by atoms with E-state index in [0.717, 1.165) is 0 Å². The smallest absolute Gasteiger partial charge is 0.240 e. The van der Waals surface area contributed by atoms with Gasteiger partial charge in [-0.05, 0) is 24.3 Å². The van der Waals surface area contributed by atoms with Crippen LogP contribution in [-0.4, -0.2) is 40.6 Å². The van der Waals surface area contributed by atoms with Crippen molar-refractivity contribution < 1.29 is 17.9 Å². The zero-order valence-electron chi connectivity index (χ0n) is 11.3. The van der Waals surface area contributed by atoms with Crippen molar-refractivity contribution in [2.24, 2.45) is 5.73 Å². The van der Waals surface area contributed by atoms with Crippen LogP contribution in [0.5, 0.6) is 0 Å². The molecule has 0 aliphatic carbocycles. The molecule has 0 aliphatic heterocycles. The summed E-state index contributed by atoms with van der Waals surface area (Å²) < 4.78 is 31.3. The number of ether oxygens (including phenoxy) is 1. The lowest BCUT2D eigenvalue weighted by molar-refractivity contribution is -0.114. The van der Waals surface area contributed by atoms with Crippen molar-refractivity contribution in [1.82, 2.24) is 4.72 Å². The molecular weight excluding hydrogens is 282 g/mol. The van der Waals surface area contributed by atoms with Crippen molar-refractivity contribution in [1.29, 1.82) is 0 Å². The number of carbonyl (C=O) groups excluding carboxylic acids is 1. The fraction of sp³-hybridized carbons (Fsp3) is 0.417. The minimum absolute atomic E-state index is 0.130. The molecule has 0 saturated carbocycles. The van der Waals surface area contributed by atoms with Gasteiger partial charge in [0.1, 0.15) is 0 Å². The summed E-state index contributed by atoms with van der Waals surface area (Å²) in [5.74, 6) is -0.212. The number of nitrogens with one attached hydrogen (secondary N) is 2. The van der Waals surface area contributed by atoms with Gasteiger partial charge >= 0.3 is 0 Å². The third-order valence-electron chi connectivity index (χ3n) is 2.29. The average molecular weight is 301 g/mol. The van der Waals surface area contributed by atoms with Crippen LogP contribution in [0.25, 0.3) is 0 Å². The van der Waals surface area contributed by atoms with Crippen LogP contribution in [0.3, 0.4) is 0 Å². The van der Waals surface area contributed by atoms with Gasteiger partial charge in [0.05, 0.1) is 18.1 Å². The maximum Gasteiger partial charge on any atom is 0.240 e. The van der Waals surface area contributed by atoms with Crippen molar-refractivity contribution in [3.63, 3.8) is 0 Å². The van der Waals surface area contributed by atoms with Gasteiger partial charge in [0, 0.05) is 25.7 Å². The number of carbonyl (C=O) groups is 1. The number of sulfonamides is 1. The SMILES string of the molecule is CC(=O)Nc1ccc(S(=O)(=O)NCCOCCN)cc1. The summed E-state index contributed by atoms with van der Waals surface area (Å²) in [6.45, 7) is 2.62. The molecule has 0 aromatic heterocycles. The summed E-state index contributed by atoms with van der Waals surface area (Å²) in [4.78, 5) is 11.0. The average Bonchev–Trinajstić information content (AvgIpc) is 2.38. The Morgan fingerprint density at radius 1 is 1.25 bits per heavy atom. The number of benzene rings is 1. The quantitative estimate of drug-likeness (QED) is 0.581. The monoisotopic (exact) mass is 301 g/mol. The summed E-state index contributed by atoms with van der Waals surface area (Å²) in [6.07, 6.45) is 0. The van der Waals surface area contributed by atoms with Crippen LogP contribution >= 0.6 is 0 Å². The maximum absolute atomic E-state index is 11.9. The second kappa shape index (κ2) is 7.95. The van der Waals surface area contributed by atoms with Crippen LogP contribution in [0.1, 0.15) is 6.92 Å².